The van der Waals surface area contributed by atoms with Crippen molar-refractivity contribution in [1.29, 1.82) is 0 Å². The van der Waals surface area contributed by atoms with Gasteiger partial charge in [0.15, 0.2) is 18.2 Å². The van der Waals surface area contributed by atoms with Gasteiger partial charge < -0.3 is 24.6 Å². The summed E-state index contributed by atoms with van der Waals surface area (Å²) in [5.41, 5.74) is 0.888. The number of carbonyl (C=O) groups is 3. The summed E-state index contributed by atoms with van der Waals surface area (Å²) < 4.78 is 16.3. The lowest BCUT2D eigenvalue weighted by Crippen LogP contribution is -2.47. The molecule has 11 heteroatoms. The van der Waals surface area contributed by atoms with Gasteiger partial charge in [0, 0.05) is 12.5 Å². The van der Waals surface area contributed by atoms with E-state index in [1.807, 2.05) is 24.3 Å². The van der Waals surface area contributed by atoms with Crippen molar-refractivity contribution in [3.05, 3.63) is 42.0 Å². The molecule has 1 saturated carbocycles. The molecule has 34 heavy (non-hydrogen) atoms. The zero-order valence-corrected chi connectivity index (χ0v) is 18.5. The molecule has 11 nitrogen and oxygen atoms in total. The first-order valence-electron chi connectivity index (χ1n) is 11.0. The first-order valence-corrected chi connectivity index (χ1v) is 11.0. The quantitative estimate of drug-likeness (QED) is 0.685. The number of anilines is 2. The molecule has 0 bridgehead atoms. The van der Waals surface area contributed by atoms with E-state index >= 15 is 0 Å². The molecule has 3 heterocycles. The lowest BCUT2D eigenvalue weighted by molar-refractivity contribution is -0.121. The third-order valence-corrected chi connectivity index (χ3v) is 6.34. The van der Waals surface area contributed by atoms with Gasteiger partial charge in [-0.3, -0.25) is 14.6 Å². The molecule has 0 unspecified atom stereocenters. The minimum Gasteiger partial charge on any atom is -0.497 e. The maximum Gasteiger partial charge on any atom is 0.416 e. The Labute approximate surface area is 195 Å². The van der Waals surface area contributed by atoms with Crippen LogP contribution in [0.15, 0.2) is 36.4 Å². The van der Waals surface area contributed by atoms with Crippen molar-refractivity contribution in [2.75, 3.05) is 23.5 Å². The number of aromatic nitrogens is 1. The number of carbonyl (C=O) groups excluding carboxylic acids is 2. The van der Waals surface area contributed by atoms with Crippen LogP contribution in [-0.2, 0) is 16.1 Å². The van der Waals surface area contributed by atoms with Gasteiger partial charge in [0.05, 0.1) is 19.7 Å². The van der Waals surface area contributed by atoms with Crippen LogP contribution in [0.5, 0.6) is 11.5 Å². The van der Waals surface area contributed by atoms with E-state index in [1.165, 1.54) is 9.80 Å². The lowest BCUT2D eigenvalue weighted by atomic mass is 9.88. The van der Waals surface area contributed by atoms with E-state index in [1.54, 1.807) is 19.2 Å². The van der Waals surface area contributed by atoms with Crippen molar-refractivity contribution in [3.63, 3.8) is 0 Å². The molecule has 0 spiro atoms. The molecule has 3 atom stereocenters. The zero-order chi connectivity index (χ0) is 23.8. The number of carboxylic acid groups (broad SMARTS) is 1. The monoisotopic (exact) mass is 468 g/mol. The first-order chi connectivity index (χ1) is 16.4. The molecule has 178 valence electrons. The number of nitrogens with one attached hydrogen (secondary N) is 1. The number of nitrogens with zero attached hydrogens (tertiary/aromatic N) is 3. The highest BCUT2D eigenvalue weighted by Gasteiger charge is 2.47. The van der Waals surface area contributed by atoms with Crippen LogP contribution in [0.1, 0.15) is 24.8 Å². The van der Waals surface area contributed by atoms with E-state index in [0.717, 1.165) is 5.56 Å². The van der Waals surface area contributed by atoms with Crippen LogP contribution in [0.3, 0.4) is 0 Å². The number of methoxy groups -OCH3 is 1. The van der Waals surface area contributed by atoms with Gasteiger partial charge in [0.25, 0.3) is 5.91 Å². The second kappa shape index (κ2) is 8.73. The average molecular weight is 468 g/mol. The average Bonchev–Trinajstić information content (AvgIpc) is 3.15. The molecule has 5 rings (SSSR count). The minimum absolute atomic E-state index is 0.0986. The fraction of sp³-hybridized carbons (Fsp3) is 0.391. The van der Waals surface area contributed by atoms with Crippen LogP contribution in [-0.4, -0.2) is 60.1 Å². The second-order valence-electron chi connectivity index (χ2n) is 8.43. The normalized spacial score (nSPS) is 23.5. The third-order valence-electron chi connectivity index (χ3n) is 6.34. The number of amides is 3. The molecule has 1 aromatic heterocycles. The molecular weight excluding hydrogens is 444 g/mol. The Morgan fingerprint density at radius 1 is 1.21 bits per heavy atom. The molecule has 2 aromatic rings. The lowest BCUT2D eigenvalue weighted by Gasteiger charge is -2.33. The highest BCUT2D eigenvalue weighted by Crippen LogP contribution is 2.38. The number of ether oxygens (including phenoxy) is 3. The smallest absolute Gasteiger partial charge is 0.416 e. The fourth-order valence-electron chi connectivity index (χ4n) is 4.70. The molecule has 1 aromatic carbocycles. The highest BCUT2D eigenvalue weighted by atomic mass is 16.6. The number of hydrogen-bond donors (Lipinski definition) is 2. The van der Waals surface area contributed by atoms with Crippen molar-refractivity contribution < 1.29 is 33.7 Å². The van der Waals surface area contributed by atoms with Crippen LogP contribution in [0.25, 0.3) is 0 Å². The number of benzene rings is 1. The molecule has 1 saturated heterocycles. The van der Waals surface area contributed by atoms with Crippen molar-refractivity contribution in [1.82, 2.24) is 10.3 Å². The molecule has 3 amide bonds. The van der Waals surface area contributed by atoms with E-state index in [4.69, 9.17) is 19.3 Å². The van der Waals surface area contributed by atoms with Crippen molar-refractivity contribution in [2.45, 2.75) is 44.0 Å². The molecule has 3 aliphatic rings. The highest BCUT2D eigenvalue weighted by molar-refractivity contribution is 5.97. The Balaban J connectivity index is 1.40. The van der Waals surface area contributed by atoms with Crippen molar-refractivity contribution in [2.24, 2.45) is 0 Å². The zero-order valence-electron chi connectivity index (χ0n) is 18.5. The Morgan fingerprint density at radius 3 is 2.74 bits per heavy atom. The van der Waals surface area contributed by atoms with Crippen LogP contribution in [0.2, 0.25) is 0 Å². The molecule has 2 aliphatic heterocycles. The molecule has 1 aliphatic carbocycles. The summed E-state index contributed by atoms with van der Waals surface area (Å²) in [5, 5.41) is 11.5. The van der Waals surface area contributed by atoms with Gasteiger partial charge in [0.2, 0.25) is 0 Å². The van der Waals surface area contributed by atoms with Gasteiger partial charge in [-0.2, -0.15) is 0 Å². The largest absolute Gasteiger partial charge is 0.497 e. The van der Waals surface area contributed by atoms with E-state index in [2.05, 4.69) is 10.3 Å². The van der Waals surface area contributed by atoms with Crippen molar-refractivity contribution in [3.8, 4) is 11.5 Å². The number of hydrogen-bond acceptors (Lipinski definition) is 7. The first kappa shape index (κ1) is 21.8. The molecular formula is C23H24N4O7. The summed E-state index contributed by atoms with van der Waals surface area (Å²) in [7, 11) is 1.59. The molecule has 2 N–H and O–H groups in total. The number of fused-ring (bicyclic) bond motifs is 2. The standard InChI is InChI=1S/C23H24N4O7/c1-32-15-5-2-13(3-6-15)11-26-20(28)12-33-17-8-9-19(25-21(17)26)27-16-7-4-14(24-22(29)30)10-18(16)34-23(27)31/h2-3,5-6,8-9,14,16,18,24H,4,7,10-12H2,1H3,(H,29,30)/t14-,16-,18+/m1/s1. The number of rotatable bonds is 5. The van der Waals surface area contributed by atoms with E-state index in [0.29, 0.717) is 42.4 Å². The van der Waals surface area contributed by atoms with Gasteiger partial charge in [0.1, 0.15) is 17.7 Å². The Hall–Kier alpha value is -4.02. The van der Waals surface area contributed by atoms with Gasteiger partial charge in [-0.15, -0.1) is 0 Å². The topological polar surface area (TPSA) is 131 Å². The summed E-state index contributed by atoms with van der Waals surface area (Å²) >= 11 is 0. The Morgan fingerprint density at radius 2 is 2.00 bits per heavy atom. The summed E-state index contributed by atoms with van der Waals surface area (Å²) in [6.45, 7) is 0.188. The summed E-state index contributed by atoms with van der Waals surface area (Å²) in [6, 6.07) is 10.2. The Kier molecular flexibility index (Phi) is 5.60. The second-order valence-corrected chi connectivity index (χ2v) is 8.43. The predicted octanol–water partition coefficient (Wildman–Crippen LogP) is 2.53. The summed E-state index contributed by atoms with van der Waals surface area (Å²) in [4.78, 5) is 44.1. The maximum absolute atomic E-state index is 12.7. The minimum atomic E-state index is -1.09. The van der Waals surface area contributed by atoms with Gasteiger partial charge in [-0.1, -0.05) is 12.1 Å². The SMILES string of the molecule is COc1ccc(CN2C(=O)COc3ccc(N4C(=O)O[C@H]5C[C@H](NC(=O)O)CC[C@H]54)nc32)cc1. The van der Waals surface area contributed by atoms with E-state index < -0.39 is 18.3 Å². The van der Waals surface area contributed by atoms with Gasteiger partial charge in [-0.05, 0) is 42.7 Å². The predicted molar refractivity (Wildman–Crippen MR) is 119 cm³/mol. The van der Waals surface area contributed by atoms with Gasteiger partial charge in [-0.25, -0.2) is 14.6 Å². The number of pyridine rings is 1. The molecule has 2 fully saturated rings. The van der Waals surface area contributed by atoms with Gasteiger partial charge >= 0.3 is 12.2 Å². The summed E-state index contributed by atoms with van der Waals surface area (Å²) in [6.07, 6.45) is -0.535. The van der Waals surface area contributed by atoms with Crippen molar-refractivity contribution >= 4 is 29.7 Å². The Bertz CT molecular complexity index is 1120. The van der Waals surface area contributed by atoms with E-state index in [9.17, 15) is 14.4 Å². The fourth-order valence-corrected chi connectivity index (χ4v) is 4.70. The van der Waals surface area contributed by atoms with Crippen LogP contribution in [0.4, 0.5) is 21.2 Å². The van der Waals surface area contributed by atoms with Crippen LogP contribution >= 0.6 is 0 Å². The maximum atomic E-state index is 12.7. The third kappa shape index (κ3) is 4.04. The molecule has 0 radical (unpaired) electrons. The summed E-state index contributed by atoms with van der Waals surface area (Å²) in [5.74, 6) is 1.62. The van der Waals surface area contributed by atoms with Crippen LogP contribution in [0, 0.1) is 0 Å². The van der Waals surface area contributed by atoms with Crippen LogP contribution < -0.4 is 24.6 Å². The van der Waals surface area contributed by atoms with E-state index in [-0.39, 0.29) is 31.1 Å².